The standard InChI is InChI=1S/C32H40N4O3/c1-23-33-27-13-11-24(21-28(27)34-23)12-14-30(37)35-19-16-32(17-20-35)15-5-4-8-25-7-2-3-10-29(25)39-22-26-9-6-18-36(26)31(32)38/h2-3,7,10-11,13,21,26H,4-6,8-9,12,14-20,22H2,1H3,(H,33,34)/t26-/m0/s1. The fourth-order valence-corrected chi connectivity index (χ4v) is 6.90. The van der Waals surface area contributed by atoms with Crippen LogP contribution in [-0.2, 0) is 22.4 Å². The molecule has 4 heterocycles. The van der Waals surface area contributed by atoms with Crippen molar-refractivity contribution in [3.8, 4) is 5.75 Å². The number of ether oxygens (including phenoxy) is 1. The predicted molar refractivity (Wildman–Crippen MR) is 152 cm³/mol. The van der Waals surface area contributed by atoms with Crippen molar-refractivity contribution in [1.29, 1.82) is 0 Å². The monoisotopic (exact) mass is 528 g/mol. The van der Waals surface area contributed by atoms with E-state index in [-0.39, 0.29) is 17.4 Å². The van der Waals surface area contributed by atoms with Crippen LogP contribution in [0.5, 0.6) is 5.75 Å². The Bertz CT molecular complexity index is 1340. The van der Waals surface area contributed by atoms with Crippen LogP contribution in [0.15, 0.2) is 42.5 Å². The SMILES string of the molecule is Cc1nc2ccc(CCC(=O)N3CCC4(CCCCc5ccccc5OC[C@@H]5CCCN5C4=O)CC3)cc2[nH]1. The number of para-hydroxylation sites is 1. The summed E-state index contributed by atoms with van der Waals surface area (Å²) in [7, 11) is 0. The van der Waals surface area contributed by atoms with Gasteiger partial charge in [-0.25, -0.2) is 4.98 Å². The first-order valence-electron chi connectivity index (χ1n) is 14.8. The molecule has 3 aromatic rings. The summed E-state index contributed by atoms with van der Waals surface area (Å²) < 4.78 is 6.28. The third-order valence-corrected chi connectivity index (χ3v) is 9.21. The minimum atomic E-state index is -0.360. The molecule has 2 amide bonds. The highest BCUT2D eigenvalue weighted by molar-refractivity contribution is 5.84. The molecule has 6 rings (SSSR count). The summed E-state index contributed by atoms with van der Waals surface area (Å²) in [5.74, 6) is 2.37. The minimum absolute atomic E-state index is 0.137. The van der Waals surface area contributed by atoms with Crippen molar-refractivity contribution >= 4 is 22.8 Å². The molecule has 206 valence electrons. The molecule has 1 N–H and O–H groups in total. The lowest BCUT2D eigenvalue weighted by atomic mass is 9.72. The van der Waals surface area contributed by atoms with E-state index in [2.05, 4.69) is 45.2 Å². The van der Waals surface area contributed by atoms with E-state index in [0.717, 1.165) is 86.1 Å². The number of aryl methyl sites for hydroxylation is 3. The molecule has 1 atom stereocenters. The number of nitrogens with zero attached hydrogens (tertiary/aromatic N) is 3. The number of hydrogen-bond donors (Lipinski definition) is 1. The molecule has 7 heteroatoms. The molecule has 0 unspecified atom stereocenters. The van der Waals surface area contributed by atoms with E-state index in [0.29, 0.717) is 38.4 Å². The summed E-state index contributed by atoms with van der Waals surface area (Å²) in [6.07, 6.45) is 8.70. The molecule has 2 aromatic carbocycles. The quantitative estimate of drug-likeness (QED) is 0.506. The first kappa shape index (κ1) is 25.9. The van der Waals surface area contributed by atoms with Crippen molar-refractivity contribution in [3.63, 3.8) is 0 Å². The number of H-pyrrole nitrogens is 1. The highest BCUT2D eigenvalue weighted by Gasteiger charge is 2.46. The van der Waals surface area contributed by atoms with Gasteiger partial charge in [0.2, 0.25) is 11.8 Å². The normalized spacial score (nSPS) is 21.7. The smallest absolute Gasteiger partial charge is 0.229 e. The van der Waals surface area contributed by atoms with Gasteiger partial charge in [0.1, 0.15) is 18.2 Å². The average molecular weight is 529 g/mol. The zero-order valence-electron chi connectivity index (χ0n) is 23.1. The molecule has 3 aliphatic rings. The number of nitrogens with one attached hydrogen (secondary N) is 1. The number of aromatic amines is 1. The number of likely N-dealkylation sites (tertiary alicyclic amines) is 1. The topological polar surface area (TPSA) is 78.5 Å². The highest BCUT2D eigenvalue weighted by Crippen LogP contribution is 2.41. The summed E-state index contributed by atoms with van der Waals surface area (Å²) >= 11 is 0. The Morgan fingerprint density at radius 3 is 2.79 bits per heavy atom. The Kier molecular flexibility index (Phi) is 7.32. The molecule has 7 nitrogen and oxygen atoms in total. The second-order valence-corrected chi connectivity index (χ2v) is 11.8. The maximum atomic E-state index is 14.1. The van der Waals surface area contributed by atoms with Crippen LogP contribution < -0.4 is 4.74 Å². The molecule has 3 aliphatic heterocycles. The molecule has 0 aliphatic carbocycles. The van der Waals surface area contributed by atoms with E-state index in [1.807, 2.05) is 24.0 Å². The van der Waals surface area contributed by atoms with Crippen LogP contribution in [0.4, 0.5) is 0 Å². The third-order valence-electron chi connectivity index (χ3n) is 9.21. The van der Waals surface area contributed by atoms with Gasteiger partial charge in [-0.2, -0.15) is 0 Å². The molecular weight excluding hydrogens is 488 g/mol. The minimum Gasteiger partial charge on any atom is -0.491 e. The molecule has 2 saturated heterocycles. The number of benzene rings is 2. The zero-order chi connectivity index (χ0) is 26.8. The summed E-state index contributed by atoms with van der Waals surface area (Å²) in [5.41, 5.74) is 4.03. The van der Waals surface area contributed by atoms with Crippen LogP contribution in [0.25, 0.3) is 11.0 Å². The van der Waals surface area contributed by atoms with E-state index < -0.39 is 0 Å². The van der Waals surface area contributed by atoms with Gasteiger partial charge in [0, 0.05) is 26.1 Å². The largest absolute Gasteiger partial charge is 0.491 e. The maximum Gasteiger partial charge on any atom is 0.229 e. The lowest BCUT2D eigenvalue weighted by Gasteiger charge is -2.44. The van der Waals surface area contributed by atoms with Crippen molar-refractivity contribution in [2.45, 2.75) is 77.2 Å². The number of carbonyl (C=O) groups excluding carboxylic acids is 2. The second kappa shape index (κ2) is 11.0. The van der Waals surface area contributed by atoms with Crippen LogP contribution in [0.1, 0.15) is 68.3 Å². The van der Waals surface area contributed by atoms with Crippen molar-refractivity contribution in [1.82, 2.24) is 19.8 Å². The van der Waals surface area contributed by atoms with Gasteiger partial charge in [-0.3, -0.25) is 9.59 Å². The Morgan fingerprint density at radius 1 is 1.08 bits per heavy atom. The van der Waals surface area contributed by atoms with Crippen molar-refractivity contribution in [2.75, 3.05) is 26.2 Å². The van der Waals surface area contributed by atoms with E-state index in [1.165, 1.54) is 5.56 Å². The third kappa shape index (κ3) is 5.41. The first-order valence-corrected chi connectivity index (χ1v) is 14.8. The predicted octanol–water partition coefficient (Wildman–Crippen LogP) is 5.21. The van der Waals surface area contributed by atoms with Crippen LogP contribution in [0.2, 0.25) is 0 Å². The van der Waals surface area contributed by atoms with Gasteiger partial charge in [0.15, 0.2) is 0 Å². The van der Waals surface area contributed by atoms with Gasteiger partial charge in [-0.15, -0.1) is 0 Å². The summed E-state index contributed by atoms with van der Waals surface area (Å²) in [4.78, 5) is 39.2. The lowest BCUT2D eigenvalue weighted by Crippen LogP contribution is -2.53. The Balaban J connectivity index is 1.11. The van der Waals surface area contributed by atoms with Gasteiger partial charge >= 0.3 is 0 Å². The highest BCUT2D eigenvalue weighted by atomic mass is 16.5. The molecule has 1 spiro atoms. The number of amides is 2. The zero-order valence-corrected chi connectivity index (χ0v) is 23.1. The number of carbonyl (C=O) groups is 2. The van der Waals surface area contributed by atoms with Crippen molar-refractivity contribution in [2.24, 2.45) is 5.41 Å². The van der Waals surface area contributed by atoms with Gasteiger partial charge in [-0.1, -0.05) is 30.7 Å². The fraction of sp³-hybridized carbons (Fsp3) is 0.531. The van der Waals surface area contributed by atoms with E-state index in [1.54, 1.807) is 0 Å². The summed E-state index contributed by atoms with van der Waals surface area (Å²) in [5, 5.41) is 0. The molecule has 0 bridgehead atoms. The molecule has 0 radical (unpaired) electrons. The van der Waals surface area contributed by atoms with Crippen LogP contribution >= 0.6 is 0 Å². The number of fused-ring (bicyclic) bond motifs is 3. The summed E-state index contributed by atoms with van der Waals surface area (Å²) in [6, 6.07) is 14.7. The second-order valence-electron chi connectivity index (χ2n) is 11.8. The number of rotatable bonds is 3. The van der Waals surface area contributed by atoms with E-state index in [4.69, 9.17) is 4.74 Å². The molecule has 1 aromatic heterocycles. The Hall–Kier alpha value is -3.35. The lowest BCUT2D eigenvalue weighted by molar-refractivity contribution is -0.150. The van der Waals surface area contributed by atoms with Crippen molar-refractivity contribution in [3.05, 3.63) is 59.4 Å². The van der Waals surface area contributed by atoms with Crippen LogP contribution in [0, 0.1) is 12.3 Å². The van der Waals surface area contributed by atoms with E-state index in [9.17, 15) is 9.59 Å². The maximum absolute atomic E-state index is 14.1. The average Bonchev–Trinajstić information content (AvgIpc) is 3.58. The van der Waals surface area contributed by atoms with Crippen LogP contribution in [-0.4, -0.2) is 63.9 Å². The van der Waals surface area contributed by atoms with E-state index >= 15 is 0 Å². The van der Waals surface area contributed by atoms with Crippen LogP contribution in [0.3, 0.4) is 0 Å². The molecular formula is C32H40N4O3. The fourth-order valence-electron chi connectivity index (χ4n) is 6.90. The Morgan fingerprint density at radius 2 is 1.92 bits per heavy atom. The van der Waals surface area contributed by atoms with Gasteiger partial charge in [-0.05, 0) is 87.6 Å². The summed E-state index contributed by atoms with van der Waals surface area (Å²) in [6.45, 7) is 4.67. The van der Waals surface area contributed by atoms with Gasteiger partial charge in [0.25, 0.3) is 0 Å². The van der Waals surface area contributed by atoms with Crippen molar-refractivity contribution < 1.29 is 14.3 Å². The number of imidazole rings is 1. The van der Waals surface area contributed by atoms with Gasteiger partial charge in [0.05, 0.1) is 22.5 Å². The number of piperidine rings is 1. The molecule has 2 fully saturated rings. The first-order chi connectivity index (χ1) is 19.0. The number of hydrogen-bond acceptors (Lipinski definition) is 4. The molecule has 0 saturated carbocycles. The number of aromatic nitrogens is 2. The molecule has 39 heavy (non-hydrogen) atoms. The van der Waals surface area contributed by atoms with Gasteiger partial charge < -0.3 is 19.5 Å². The Labute approximate surface area is 230 Å².